The predicted octanol–water partition coefficient (Wildman–Crippen LogP) is 0.232. The molecule has 1 aromatic carbocycles. The number of benzene rings is 1. The van der Waals surface area contributed by atoms with E-state index in [0.29, 0.717) is 0 Å². The fourth-order valence-electron chi connectivity index (χ4n) is 1.64. The van der Waals surface area contributed by atoms with E-state index in [-0.39, 0.29) is 17.8 Å². The van der Waals surface area contributed by atoms with E-state index in [0.717, 1.165) is 4.31 Å². The molecule has 0 aliphatic carbocycles. The van der Waals surface area contributed by atoms with Crippen LogP contribution in [0.1, 0.15) is 12.5 Å². The van der Waals surface area contributed by atoms with Gasteiger partial charge in [0.05, 0.1) is 17.2 Å². The molecule has 0 heterocycles. The average Bonchev–Trinajstić information content (AvgIpc) is 2.35. The van der Waals surface area contributed by atoms with Crippen LogP contribution in [0.3, 0.4) is 0 Å². The monoisotopic (exact) mass is 301 g/mol. The molecule has 0 spiro atoms. The van der Waals surface area contributed by atoms with Gasteiger partial charge < -0.3 is 5.73 Å². The normalized spacial score (nSPS) is 11.5. The van der Waals surface area contributed by atoms with E-state index in [9.17, 15) is 23.3 Å². The largest absolute Gasteiger partial charge is 0.369 e. The van der Waals surface area contributed by atoms with E-state index in [2.05, 4.69) is 0 Å². The molecular formula is C11H15N3O5S. The summed E-state index contributed by atoms with van der Waals surface area (Å²) < 4.78 is 25.1. The fourth-order valence-corrected chi connectivity index (χ4v) is 3.14. The summed E-state index contributed by atoms with van der Waals surface area (Å²) in [6, 6.07) is 5.35. The third-order valence-corrected chi connectivity index (χ3v) is 4.42. The molecule has 8 nitrogen and oxygen atoms in total. The minimum Gasteiger partial charge on any atom is -0.369 e. The highest BCUT2D eigenvalue weighted by molar-refractivity contribution is 7.88. The number of carbonyl (C=O) groups excluding carboxylic acids is 1. The van der Waals surface area contributed by atoms with Gasteiger partial charge >= 0.3 is 0 Å². The molecule has 0 bridgehead atoms. The first kappa shape index (κ1) is 16.1. The van der Waals surface area contributed by atoms with Gasteiger partial charge in [0.2, 0.25) is 15.9 Å². The highest BCUT2D eigenvalue weighted by atomic mass is 32.2. The quantitative estimate of drug-likeness (QED) is 0.570. The van der Waals surface area contributed by atoms with Gasteiger partial charge in [0.1, 0.15) is 0 Å². The van der Waals surface area contributed by atoms with Crippen molar-refractivity contribution in [1.82, 2.24) is 4.31 Å². The number of hydrogen-bond acceptors (Lipinski definition) is 5. The highest BCUT2D eigenvalue weighted by Crippen LogP contribution is 2.16. The molecule has 0 fully saturated rings. The van der Waals surface area contributed by atoms with Crippen molar-refractivity contribution >= 4 is 21.6 Å². The molecule has 0 aliphatic rings. The van der Waals surface area contributed by atoms with Crippen LogP contribution in [-0.4, -0.2) is 36.6 Å². The number of rotatable bonds is 7. The van der Waals surface area contributed by atoms with Gasteiger partial charge in [-0.15, -0.1) is 0 Å². The molecule has 2 N–H and O–H groups in total. The zero-order valence-corrected chi connectivity index (χ0v) is 11.7. The Morgan fingerprint density at radius 3 is 2.60 bits per heavy atom. The van der Waals surface area contributed by atoms with Crippen molar-refractivity contribution in [2.45, 2.75) is 12.7 Å². The number of primary amides is 1. The third-order valence-electron chi connectivity index (χ3n) is 2.55. The number of nitrogens with two attached hydrogens (primary N) is 1. The first-order valence-electron chi connectivity index (χ1n) is 5.75. The maximum atomic E-state index is 12.1. The lowest BCUT2D eigenvalue weighted by Crippen LogP contribution is -2.38. The Morgan fingerprint density at radius 2 is 2.10 bits per heavy atom. The van der Waals surface area contributed by atoms with Crippen LogP contribution < -0.4 is 5.73 Å². The summed E-state index contributed by atoms with van der Waals surface area (Å²) in [5.41, 5.74) is 5.08. The van der Waals surface area contributed by atoms with E-state index in [1.165, 1.54) is 24.3 Å². The number of sulfonamides is 1. The number of hydrogen-bond donors (Lipinski definition) is 1. The minimum absolute atomic E-state index is 0.0974. The van der Waals surface area contributed by atoms with Crippen LogP contribution in [-0.2, 0) is 20.6 Å². The first-order valence-corrected chi connectivity index (χ1v) is 7.36. The van der Waals surface area contributed by atoms with Crippen molar-refractivity contribution in [3.05, 3.63) is 39.9 Å². The van der Waals surface area contributed by atoms with Crippen molar-refractivity contribution in [2.24, 2.45) is 5.73 Å². The molecule has 0 aliphatic heterocycles. The van der Waals surface area contributed by atoms with Gasteiger partial charge in [0, 0.05) is 18.7 Å². The predicted molar refractivity (Wildman–Crippen MR) is 72.2 cm³/mol. The smallest absolute Gasteiger partial charge is 0.269 e. The van der Waals surface area contributed by atoms with Crippen LogP contribution in [0.2, 0.25) is 0 Å². The van der Waals surface area contributed by atoms with Gasteiger partial charge in [-0.2, -0.15) is 4.31 Å². The number of nitro groups is 1. The Hall–Kier alpha value is -2.00. The maximum Gasteiger partial charge on any atom is 0.269 e. The van der Waals surface area contributed by atoms with Crippen molar-refractivity contribution in [3.8, 4) is 0 Å². The van der Waals surface area contributed by atoms with Gasteiger partial charge in [-0.25, -0.2) is 8.42 Å². The lowest BCUT2D eigenvalue weighted by Gasteiger charge is -2.18. The Kier molecular flexibility index (Phi) is 5.17. The van der Waals surface area contributed by atoms with E-state index in [1.54, 1.807) is 6.92 Å². The molecule has 1 aromatic rings. The second-order valence-corrected chi connectivity index (χ2v) is 6.04. The van der Waals surface area contributed by atoms with Gasteiger partial charge in [-0.05, 0) is 5.56 Å². The lowest BCUT2D eigenvalue weighted by atomic mass is 10.2. The van der Waals surface area contributed by atoms with Crippen LogP contribution in [0.4, 0.5) is 5.69 Å². The van der Waals surface area contributed by atoms with Crippen LogP contribution in [0.15, 0.2) is 24.3 Å². The zero-order valence-electron chi connectivity index (χ0n) is 10.9. The summed E-state index contributed by atoms with van der Waals surface area (Å²) in [5.74, 6) is -1.18. The Labute approximate surface area is 116 Å². The van der Waals surface area contributed by atoms with Crippen molar-refractivity contribution in [2.75, 3.05) is 13.1 Å². The highest BCUT2D eigenvalue weighted by Gasteiger charge is 2.23. The van der Waals surface area contributed by atoms with E-state index in [1.807, 2.05) is 0 Å². The molecule has 0 atom stereocenters. The Balaban J connectivity index is 2.98. The van der Waals surface area contributed by atoms with Gasteiger partial charge in [-0.1, -0.05) is 19.1 Å². The number of carbonyl (C=O) groups is 1. The third kappa shape index (κ3) is 4.28. The summed E-state index contributed by atoms with van der Waals surface area (Å²) >= 11 is 0. The Bertz CT molecular complexity index is 614. The fraction of sp³-hybridized carbons (Fsp3) is 0.364. The van der Waals surface area contributed by atoms with Gasteiger partial charge in [0.15, 0.2) is 0 Å². The van der Waals surface area contributed by atoms with Crippen molar-refractivity contribution in [3.63, 3.8) is 0 Å². The van der Waals surface area contributed by atoms with Crippen LogP contribution in [0.5, 0.6) is 0 Å². The molecule has 0 saturated carbocycles. The number of likely N-dealkylation sites (N-methyl/N-ethyl adjacent to an activating group) is 1. The summed E-state index contributed by atoms with van der Waals surface area (Å²) in [5, 5.41) is 10.6. The number of non-ortho nitro benzene ring substituents is 1. The molecule has 1 rings (SSSR count). The molecule has 0 radical (unpaired) electrons. The lowest BCUT2D eigenvalue weighted by molar-refractivity contribution is -0.384. The SMILES string of the molecule is CCN(CC(N)=O)S(=O)(=O)Cc1cccc([N+](=O)[O-])c1. The van der Waals surface area contributed by atoms with E-state index in [4.69, 9.17) is 5.73 Å². The molecular weight excluding hydrogens is 286 g/mol. The molecule has 0 saturated heterocycles. The van der Waals surface area contributed by atoms with Gasteiger partial charge in [-0.3, -0.25) is 14.9 Å². The number of amides is 1. The van der Waals surface area contributed by atoms with Crippen LogP contribution >= 0.6 is 0 Å². The van der Waals surface area contributed by atoms with Crippen molar-refractivity contribution in [1.29, 1.82) is 0 Å². The topological polar surface area (TPSA) is 124 Å². The molecule has 9 heteroatoms. The second-order valence-electron chi connectivity index (χ2n) is 4.08. The number of nitro benzene ring substituents is 1. The number of nitrogens with zero attached hydrogens (tertiary/aromatic N) is 2. The minimum atomic E-state index is -3.75. The first-order chi connectivity index (χ1) is 9.26. The average molecular weight is 301 g/mol. The molecule has 20 heavy (non-hydrogen) atoms. The van der Waals surface area contributed by atoms with Crippen molar-refractivity contribution < 1.29 is 18.1 Å². The molecule has 110 valence electrons. The summed E-state index contributed by atoms with van der Waals surface area (Å²) in [6.45, 7) is 1.27. The van der Waals surface area contributed by atoms with E-state index >= 15 is 0 Å². The Morgan fingerprint density at radius 1 is 1.45 bits per heavy atom. The van der Waals surface area contributed by atoms with Crippen LogP contribution in [0, 0.1) is 10.1 Å². The van der Waals surface area contributed by atoms with Gasteiger partial charge in [0.25, 0.3) is 5.69 Å². The van der Waals surface area contributed by atoms with E-state index < -0.39 is 33.2 Å². The summed E-state index contributed by atoms with van der Waals surface area (Å²) in [7, 11) is -3.75. The molecule has 0 unspecified atom stereocenters. The zero-order chi connectivity index (χ0) is 15.3. The second kappa shape index (κ2) is 6.44. The summed E-state index contributed by atoms with van der Waals surface area (Å²) in [6.07, 6.45) is 0. The maximum absolute atomic E-state index is 12.1. The molecule has 1 amide bonds. The standard InChI is InChI=1S/C11H15N3O5S/c1-2-13(7-11(12)15)20(18,19)8-9-4-3-5-10(6-9)14(16)17/h3-6H,2,7-8H2,1H3,(H2,12,15). The molecule has 0 aromatic heterocycles. The van der Waals surface area contributed by atoms with Crippen LogP contribution in [0.25, 0.3) is 0 Å². The summed E-state index contributed by atoms with van der Waals surface area (Å²) in [4.78, 5) is 20.9.